The molecule has 13 heteroatoms. The quantitative estimate of drug-likeness (QED) is 0.251. The molecule has 0 unspecified atom stereocenters. The number of hydrogen-bond donors (Lipinski definition) is 2. The van der Waals surface area contributed by atoms with Crippen molar-refractivity contribution in [3.8, 4) is 11.4 Å². The Balaban J connectivity index is 1.52. The molecule has 0 fully saturated rings. The van der Waals surface area contributed by atoms with E-state index in [1.54, 1.807) is 6.07 Å². The van der Waals surface area contributed by atoms with Crippen LogP contribution in [-0.2, 0) is 0 Å². The number of halogens is 5. The number of anilines is 1. The average Bonchev–Trinajstić information content (AvgIpc) is 3.22. The molecule has 3 aromatic carbocycles. The number of aromatic nitrogens is 3. The molecule has 0 aliphatic rings. The van der Waals surface area contributed by atoms with E-state index in [1.165, 1.54) is 41.2 Å². The van der Waals surface area contributed by atoms with Gasteiger partial charge in [-0.3, -0.25) is 10.1 Å². The number of thiocarbonyl (C=S) groups is 1. The number of nitrogens with zero attached hydrogens (tertiary/aromatic N) is 3. The summed E-state index contributed by atoms with van der Waals surface area (Å²) in [5.74, 6) is -10.8. The maximum atomic E-state index is 14.1. The highest BCUT2D eigenvalue weighted by Gasteiger charge is 2.30. The molecular formula is C21H12F5N5O2S. The predicted molar refractivity (Wildman–Crippen MR) is 115 cm³/mol. The fourth-order valence-corrected chi connectivity index (χ4v) is 3.21. The summed E-state index contributed by atoms with van der Waals surface area (Å²) in [7, 11) is 0.814. The first-order valence-electron chi connectivity index (χ1n) is 9.35. The summed E-state index contributed by atoms with van der Waals surface area (Å²) < 4.78 is 73.4. The molecule has 1 heterocycles. The molecule has 4 aromatic rings. The monoisotopic (exact) mass is 493 g/mol. The second kappa shape index (κ2) is 9.02. The molecule has 0 saturated heterocycles. The van der Waals surface area contributed by atoms with Crippen molar-refractivity contribution >= 4 is 40.0 Å². The van der Waals surface area contributed by atoms with E-state index < -0.39 is 51.4 Å². The van der Waals surface area contributed by atoms with Gasteiger partial charge in [-0.05, 0) is 54.7 Å². The van der Waals surface area contributed by atoms with E-state index in [0.717, 1.165) is 7.11 Å². The number of nitrogens with one attached hydrogen (secondary N) is 2. The second-order valence-electron chi connectivity index (χ2n) is 6.74. The third kappa shape index (κ3) is 4.24. The van der Waals surface area contributed by atoms with Gasteiger partial charge in [0.2, 0.25) is 11.6 Å². The first-order valence-corrected chi connectivity index (χ1v) is 9.75. The second-order valence-corrected chi connectivity index (χ2v) is 7.15. The van der Waals surface area contributed by atoms with Crippen molar-refractivity contribution in [2.45, 2.75) is 0 Å². The van der Waals surface area contributed by atoms with Crippen LogP contribution in [0.1, 0.15) is 10.4 Å². The number of fused-ring (bicyclic) bond motifs is 1. The Morgan fingerprint density at radius 2 is 1.53 bits per heavy atom. The lowest BCUT2D eigenvalue weighted by Gasteiger charge is -2.12. The van der Waals surface area contributed by atoms with Crippen LogP contribution in [0.25, 0.3) is 16.7 Å². The van der Waals surface area contributed by atoms with E-state index in [9.17, 15) is 26.7 Å². The number of rotatable bonds is 4. The number of amides is 1. The van der Waals surface area contributed by atoms with Crippen LogP contribution >= 0.6 is 12.2 Å². The Morgan fingerprint density at radius 1 is 0.912 bits per heavy atom. The summed E-state index contributed by atoms with van der Waals surface area (Å²) in [5, 5.41) is 12.7. The molecule has 0 saturated carbocycles. The van der Waals surface area contributed by atoms with Crippen molar-refractivity contribution in [3.05, 3.63) is 77.1 Å². The van der Waals surface area contributed by atoms with E-state index in [1.807, 2.05) is 5.32 Å². The van der Waals surface area contributed by atoms with Gasteiger partial charge in [-0.1, -0.05) is 0 Å². The van der Waals surface area contributed by atoms with Crippen LogP contribution in [0.3, 0.4) is 0 Å². The van der Waals surface area contributed by atoms with Crippen molar-refractivity contribution in [2.75, 3.05) is 12.4 Å². The Bertz CT molecular complexity index is 1410. The molecule has 1 amide bonds. The molecule has 0 aliphatic heterocycles. The smallest absolute Gasteiger partial charge is 0.263 e. The van der Waals surface area contributed by atoms with Crippen LogP contribution in [0.4, 0.5) is 27.6 Å². The number of ether oxygens (including phenoxy) is 1. The Morgan fingerprint density at radius 3 is 2.15 bits per heavy atom. The molecule has 0 atom stereocenters. The van der Waals surface area contributed by atoms with E-state index in [2.05, 4.69) is 20.3 Å². The van der Waals surface area contributed by atoms with Crippen LogP contribution in [0, 0.1) is 29.1 Å². The summed E-state index contributed by atoms with van der Waals surface area (Å²) in [4.78, 5) is 13.5. The van der Waals surface area contributed by atoms with Crippen molar-refractivity contribution in [2.24, 2.45) is 0 Å². The molecule has 0 spiro atoms. The average molecular weight is 493 g/mol. The largest absolute Gasteiger partial charge is 0.491 e. The van der Waals surface area contributed by atoms with Gasteiger partial charge in [0.25, 0.3) is 5.91 Å². The van der Waals surface area contributed by atoms with Gasteiger partial charge in [-0.2, -0.15) is 13.6 Å². The summed E-state index contributed by atoms with van der Waals surface area (Å²) in [6.07, 6.45) is 0. The predicted octanol–water partition coefficient (Wildman–Crippen LogP) is 4.25. The number of carbonyl (C=O) groups is 1. The Kier molecular flexibility index (Phi) is 6.11. The zero-order valence-corrected chi connectivity index (χ0v) is 17.8. The van der Waals surface area contributed by atoms with E-state index in [-0.39, 0.29) is 0 Å². The molecule has 34 heavy (non-hydrogen) atoms. The minimum absolute atomic E-state index is 0.317. The maximum Gasteiger partial charge on any atom is 0.263 e. The van der Waals surface area contributed by atoms with Crippen LogP contribution in [-0.4, -0.2) is 33.1 Å². The van der Waals surface area contributed by atoms with E-state index in [4.69, 9.17) is 12.2 Å². The Hall–Kier alpha value is -4.13. The third-order valence-electron chi connectivity index (χ3n) is 4.58. The van der Waals surface area contributed by atoms with Gasteiger partial charge in [0.1, 0.15) is 22.4 Å². The standard InChI is InChI=1S/C21H12F5N5O2S/c1-33-19-17(25)15(23)14(16(24)18(19)26)20(32)28-21(34)27-10-4-7-12-13(8-10)30-31(29-12)11-5-2-9(22)3-6-11/h2-8H,1H3,(H2,27,28,32,34). The Labute approximate surface area is 193 Å². The molecule has 0 bridgehead atoms. The number of carbonyl (C=O) groups excluding carboxylic acids is 1. The summed E-state index contributed by atoms with van der Waals surface area (Å²) >= 11 is 4.95. The fourth-order valence-electron chi connectivity index (χ4n) is 3.00. The van der Waals surface area contributed by atoms with Gasteiger partial charge in [0.05, 0.1) is 12.8 Å². The molecule has 174 valence electrons. The first kappa shape index (κ1) is 23.0. The lowest BCUT2D eigenvalue weighted by Crippen LogP contribution is -2.35. The summed E-state index contributed by atoms with van der Waals surface area (Å²) in [5.41, 5.74) is 0.213. The normalized spacial score (nSPS) is 10.9. The van der Waals surface area contributed by atoms with Crippen molar-refractivity contribution in [1.29, 1.82) is 0 Å². The molecule has 0 radical (unpaired) electrons. The molecule has 7 nitrogen and oxygen atoms in total. The molecule has 2 N–H and O–H groups in total. The molecule has 4 rings (SSSR count). The zero-order valence-electron chi connectivity index (χ0n) is 17.0. The lowest BCUT2D eigenvalue weighted by atomic mass is 10.1. The van der Waals surface area contributed by atoms with Crippen molar-refractivity contribution in [1.82, 2.24) is 20.3 Å². The number of hydrogen-bond acceptors (Lipinski definition) is 5. The molecule has 1 aromatic heterocycles. The van der Waals surface area contributed by atoms with E-state index >= 15 is 0 Å². The van der Waals surface area contributed by atoms with Gasteiger partial charge in [0, 0.05) is 5.69 Å². The van der Waals surface area contributed by atoms with Crippen molar-refractivity contribution < 1.29 is 31.5 Å². The topological polar surface area (TPSA) is 81.1 Å². The van der Waals surface area contributed by atoms with Crippen LogP contribution < -0.4 is 15.4 Å². The van der Waals surface area contributed by atoms with Crippen LogP contribution in [0.2, 0.25) is 0 Å². The highest BCUT2D eigenvalue weighted by atomic mass is 32.1. The zero-order chi connectivity index (χ0) is 24.6. The van der Waals surface area contributed by atoms with Gasteiger partial charge in [-0.15, -0.1) is 10.2 Å². The molecular weight excluding hydrogens is 481 g/mol. The van der Waals surface area contributed by atoms with Crippen LogP contribution in [0.15, 0.2) is 42.5 Å². The summed E-state index contributed by atoms with van der Waals surface area (Å²) in [6.45, 7) is 0. The van der Waals surface area contributed by atoms with Gasteiger partial charge >= 0.3 is 0 Å². The third-order valence-corrected chi connectivity index (χ3v) is 4.78. The van der Waals surface area contributed by atoms with Gasteiger partial charge in [-0.25, -0.2) is 13.2 Å². The highest BCUT2D eigenvalue weighted by molar-refractivity contribution is 7.80. The maximum absolute atomic E-state index is 14.1. The first-order chi connectivity index (χ1) is 16.2. The van der Waals surface area contributed by atoms with E-state index in [0.29, 0.717) is 22.4 Å². The fraction of sp³-hybridized carbons (Fsp3) is 0.0476. The number of methoxy groups -OCH3 is 1. The minimum Gasteiger partial charge on any atom is -0.491 e. The van der Waals surface area contributed by atoms with Gasteiger partial charge < -0.3 is 10.1 Å². The van der Waals surface area contributed by atoms with Crippen molar-refractivity contribution in [3.63, 3.8) is 0 Å². The highest BCUT2D eigenvalue weighted by Crippen LogP contribution is 2.29. The summed E-state index contributed by atoms with van der Waals surface area (Å²) in [6, 6.07) is 10.1. The lowest BCUT2D eigenvalue weighted by molar-refractivity contribution is 0.0966. The van der Waals surface area contributed by atoms with Gasteiger partial charge in [0.15, 0.2) is 22.5 Å². The SMILES string of the molecule is COc1c(F)c(F)c(C(=O)NC(=S)Nc2ccc3nn(-c4ccc(F)cc4)nc3c2)c(F)c1F. The van der Waals surface area contributed by atoms with Crippen LogP contribution in [0.5, 0.6) is 5.75 Å². The number of benzene rings is 3. The minimum atomic E-state index is -1.94. The molecule has 0 aliphatic carbocycles.